The molecule has 0 radical (unpaired) electrons. The molecule has 0 aliphatic carbocycles. The van der Waals surface area contributed by atoms with Gasteiger partial charge in [-0.25, -0.2) is 28.0 Å². The second-order valence-corrected chi connectivity index (χ2v) is 33.6. The Kier molecular flexibility index (Phi) is 54.4. The van der Waals surface area contributed by atoms with Gasteiger partial charge in [0.1, 0.15) is 46.8 Å². The molecule has 2 heterocycles. The standard InChI is InChI=1S/C48H62N6O11.C38H43N3O7.C8H9N3O2S.CH2O3.2Cs.H/c1-35-18-19-50-44(31-35)54(47(58)65-48(2,3)4)21-8-13-45(56)51-34-39(55)32-38(33-46(57)59-5)36-14-16-37(17-15-36)40-9-6-11-42-41(40)10-7-12-43(42)64-30-29-63-28-27-62-26-25-61-24-23-60-22-20-52-53-49;1-25-18-19-39-34(21-25)41(37(46)48-38(2,3)4)20-8-13-35(44)40-24-29(42)22-28(23-36(45)47-5)26-14-16-27(17-15-26)30-9-6-11-32-31(30)10-7-12-33(32)43;1-7-2-4-8(5-3-7)14(12,13)6-10-11-9;2-1-4-3;;;/h6-7,9-12,14-19,31,38H,8,13,20-30,32-34H2,1-5H3,(H,51,56);6-7,9-12,14-19,21,28,43H,8,13,20,22-24H2,1-5H3,(H,40,44);2-5H,6H2,1H3;1,3H;;;/q;;;;2*+1;-1/p-1/t38-;28-;;;;;/m00...../s1. The van der Waals surface area contributed by atoms with Crippen LogP contribution in [0, 0.1) is 20.8 Å². The Labute approximate surface area is 893 Å². The molecular weight excluding hydrogens is 1970 g/mol. The summed E-state index contributed by atoms with van der Waals surface area (Å²) in [6.07, 6.45) is 2.92. The zero-order valence-corrected chi connectivity index (χ0v) is 91.0. The van der Waals surface area contributed by atoms with Gasteiger partial charge in [-0.05, 0) is 190 Å². The summed E-state index contributed by atoms with van der Waals surface area (Å²) in [5.41, 5.74) is 23.0. The second-order valence-electron chi connectivity index (χ2n) is 31.7. The summed E-state index contributed by atoms with van der Waals surface area (Å²) in [7, 11) is -0.845. The molecule has 0 fully saturated rings. The molecule has 38 heteroatoms. The fourth-order valence-corrected chi connectivity index (χ4v) is 13.8. The molecule has 9 aromatic rings. The molecular formula is C95H116Cs2N12O23S. The van der Waals surface area contributed by atoms with Crippen molar-refractivity contribution in [1.82, 2.24) is 20.6 Å². The zero-order chi connectivity index (χ0) is 95.7. The third-order valence-corrected chi connectivity index (χ3v) is 20.7. The smallest absolute Gasteiger partial charge is 1.00 e. The number of pyridine rings is 2. The van der Waals surface area contributed by atoms with Crippen LogP contribution in [0.1, 0.15) is 134 Å². The van der Waals surface area contributed by atoms with Crippen molar-refractivity contribution in [3.8, 4) is 33.8 Å². The van der Waals surface area contributed by atoms with Crippen molar-refractivity contribution in [3.05, 3.63) is 231 Å². The molecule has 2 atom stereocenters. The number of aryl methyl sites for hydroxylation is 3. The van der Waals surface area contributed by atoms with Crippen LogP contribution in [0.3, 0.4) is 0 Å². The van der Waals surface area contributed by atoms with E-state index in [1.54, 1.807) is 90.3 Å². The fourth-order valence-electron chi connectivity index (χ4n) is 12.9. The van der Waals surface area contributed by atoms with Crippen LogP contribution in [0.2, 0.25) is 0 Å². The monoisotopic (exact) mass is 2090 g/mol. The quantitative estimate of drug-likeness (QED) is 0.00368. The number of methoxy groups -OCH3 is 2. The predicted molar refractivity (Wildman–Crippen MR) is 491 cm³/mol. The second kappa shape index (κ2) is 62.3. The number of anilines is 2. The topological polar surface area (TPSA) is 477 Å². The number of azide groups is 2. The number of fused-ring (bicyclic) bond motifs is 2. The molecule has 0 saturated heterocycles. The van der Waals surface area contributed by atoms with E-state index in [0.29, 0.717) is 90.5 Å². The molecule has 133 heavy (non-hydrogen) atoms. The number of carbonyl (C=O) groups excluding carboxylic acids is 9. The van der Waals surface area contributed by atoms with E-state index in [4.69, 9.17) is 63.7 Å². The number of rotatable bonds is 46. The fraction of sp³-hybridized carbons (Fsp3) is 0.400. The van der Waals surface area contributed by atoms with Gasteiger partial charge in [0.15, 0.2) is 21.4 Å². The minimum atomic E-state index is -3.46. The number of Topliss-reactive ketones (excluding diaryl/α,β-unsaturated/α-hetero) is 2. The van der Waals surface area contributed by atoms with E-state index >= 15 is 0 Å². The molecule has 7 aromatic carbocycles. The van der Waals surface area contributed by atoms with E-state index in [9.17, 15) is 51.9 Å². The average molecular weight is 2090 g/mol. The molecule has 35 nitrogen and oxygen atoms in total. The van der Waals surface area contributed by atoms with Crippen LogP contribution >= 0.6 is 0 Å². The summed E-state index contributed by atoms with van der Waals surface area (Å²) < 4.78 is 71.9. The number of aromatic nitrogens is 2. The van der Waals surface area contributed by atoms with E-state index in [-0.39, 0.29) is 244 Å². The average Bonchev–Trinajstić information content (AvgIpc) is 0.789. The Morgan fingerprint density at radius 1 is 0.519 bits per heavy atom. The number of benzene rings is 7. The first-order valence-corrected chi connectivity index (χ1v) is 43.8. The number of amides is 4. The Morgan fingerprint density at radius 2 is 0.917 bits per heavy atom. The summed E-state index contributed by atoms with van der Waals surface area (Å²) in [6, 6.07) is 52.0. The van der Waals surface area contributed by atoms with Crippen LogP contribution in [-0.4, -0.2) is 201 Å². The molecule has 0 aliphatic heterocycles. The summed E-state index contributed by atoms with van der Waals surface area (Å²) >= 11 is 0. The molecule has 0 bridgehead atoms. The molecule has 0 spiro atoms. The first kappa shape index (κ1) is 116. The third-order valence-electron chi connectivity index (χ3n) is 19.2. The van der Waals surface area contributed by atoms with Gasteiger partial charge in [-0.3, -0.25) is 43.4 Å². The van der Waals surface area contributed by atoms with Crippen molar-refractivity contribution >= 4 is 97.0 Å². The maximum absolute atomic E-state index is 13.2. The van der Waals surface area contributed by atoms with Crippen molar-refractivity contribution in [1.29, 1.82) is 0 Å². The minimum Gasteiger partial charge on any atom is -1.00 e. The van der Waals surface area contributed by atoms with Gasteiger partial charge in [-0.1, -0.05) is 137 Å². The Hall–Kier alpha value is -9.34. The van der Waals surface area contributed by atoms with E-state index in [1.807, 2.05) is 142 Å². The molecule has 0 saturated carbocycles. The first-order valence-electron chi connectivity index (χ1n) is 42.2. The van der Waals surface area contributed by atoms with E-state index in [0.717, 1.165) is 77.4 Å². The van der Waals surface area contributed by atoms with Crippen LogP contribution in [-0.2, 0) is 86.2 Å². The Bertz CT molecular complexity index is 5450. The number of ketones is 2. The summed E-state index contributed by atoms with van der Waals surface area (Å²) in [5, 5.41) is 34.1. The molecule has 702 valence electrons. The van der Waals surface area contributed by atoms with Crippen LogP contribution in [0.25, 0.3) is 64.7 Å². The molecule has 3 N–H and O–H groups in total. The van der Waals surface area contributed by atoms with Crippen LogP contribution in [0.15, 0.2) is 197 Å². The van der Waals surface area contributed by atoms with Gasteiger partial charge < -0.3 is 69.9 Å². The van der Waals surface area contributed by atoms with Gasteiger partial charge >= 0.3 is 162 Å². The van der Waals surface area contributed by atoms with E-state index in [1.165, 1.54) is 36.2 Å². The van der Waals surface area contributed by atoms with Crippen LogP contribution < -0.4 is 168 Å². The number of nitrogens with one attached hydrogen (secondary N) is 2. The normalized spacial score (nSPS) is 11.2. The number of esters is 2. The predicted octanol–water partition coefficient (Wildman–Crippen LogP) is 9.36. The maximum atomic E-state index is 13.2. The number of hydrogen-bond donors (Lipinski definition) is 3. The number of ether oxygens (including phenoxy) is 9. The van der Waals surface area contributed by atoms with Gasteiger partial charge in [-0.2, -0.15) is 0 Å². The van der Waals surface area contributed by atoms with Gasteiger partial charge in [0.25, 0.3) is 6.47 Å². The maximum Gasteiger partial charge on any atom is 1.00 e. The van der Waals surface area contributed by atoms with Crippen LogP contribution in [0.5, 0.6) is 11.5 Å². The van der Waals surface area contributed by atoms with Gasteiger partial charge in [0, 0.05) is 90.1 Å². The number of hydrogen-bond acceptors (Lipinski definition) is 27. The van der Waals surface area contributed by atoms with Gasteiger partial charge in [0.05, 0.1) is 97.9 Å². The first-order chi connectivity index (χ1) is 62.7. The van der Waals surface area contributed by atoms with Crippen molar-refractivity contribution in [3.63, 3.8) is 0 Å². The summed E-state index contributed by atoms with van der Waals surface area (Å²) in [6.45, 7) is 20.1. The third kappa shape index (κ3) is 43.5. The SMILES string of the molecule is COC(=O)C[C@H](CC(=O)CNC(=O)CCCN(C(=O)OC(C)(C)C)c1cc(C)ccn1)c1ccc(-c2cccc3c(O)cccc23)cc1.COC(=O)C[C@H](CC(=O)CNC(=O)CCCN(C(=O)OC(C)(C)C)c1cc(C)ccn1)c1ccc(-c2cccc3c(OCCOCCOCCOCCOCCN=[N+]=[N-])cccc23)cc1.Cc1ccc(S(=O)(=O)CN=[N+]=[N-])cc1.O=CO[O-].[Cs+].[Cs+].[H-]. The van der Waals surface area contributed by atoms with Crippen LogP contribution in [0.4, 0.5) is 21.2 Å². The van der Waals surface area contributed by atoms with Crippen molar-refractivity contribution < 1.29 is 249 Å². The number of sulfone groups is 1. The van der Waals surface area contributed by atoms with Crippen molar-refractivity contribution in [2.45, 2.75) is 142 Å². The number of phenolic OH excluding ortho intramolecular Hbond substituents is 1. The van der Waals surface area contributed by atoms with Crippen molar-refractivity contribution in [2.75, 3.05) is 122 Å². The number of carbonyl (C=O) groups is 9. The number of phenols is 1. The summed E-state index contributed by atoms with van der Waals surface area (Å²) in [4.78, 5) is 130. The number of nitrogens with zero attached hydrogens (tertiary/aromatic N) is 10. The molecule has 9 rings (SSSR count). The van der Waals surface area contributed by atoms with E-state index in [2.05, 4.69) is 45.5 Å². The molecule has 4 amide bonds. The molecule has 0 unspecified atom stereocenters. The number of aromatic hydroxyl groups is 1. The Balaban J connectivity index is 0.000000584. The van der Waals surface area contributed by atoms with E-state index < -0.39 is 62.9 Å². The largest absolute Gasteiger partial charge is 1.00 e. The van der Waals surface area contributed by atoms with Gasteiger partial charge in [0.2, 0.25) is 11.8 Å². The molecule has 2 aromatic heterocycles. The molecule has 0 aliphatic rings. The summed E-state index contributed by atoms with van der Waals surface area (Å²) in [5.74, 6) is -1.70. The van der Waals surface area contributed by atoms with Gasteiger partial charge in [-0.15, -0.1) is 0 Å². The van der Waals surface area contributed by atoms with Crippen molar-refractivity contribution in [2.24, 2.45) is 10.2 Å². The Morgan fingerprint density at radius 3 is 1.33 bits per heavy atom. The zero-order valence-electron chi connectivity index (χ0n) is 78.6. The minimum absolute atomic E-state index is 0.